The van der Waals surface area contributed by atoms with Crippen molar-refractivity contribution in [2.75, 3.05) is 26.1 Å². The molecule has 1 heterocycles. The van der Waals surface area contributed by atoms with Crippen LogP contribution in [0.25, 0.3) is 0 Å². The zero-order chi connectivity index (χ0) is 19.0. The number of carbonyl (C=O) groups is 3. The van der Waals surface area contributed by atoms with Crippen LogP contribution in [0, 0.1) is 0 Å². The molecule has 0 radical (unpaired) electrons. The first-order valence-electron chi connectivity index (χ1n) is 6.85. The van der Waals surface area contributed by atoms with E-state index in [9.17, 15) is 14.4 Å². The molecule has 0 aromatic carbocycles. The number of oxime groups is 1. The van der Waals surface area contributed by atoms with E-state index in [-0.39, 0.29) is 16.7 Å². The number of esters is 2. The molecule has 0 bridgehead atoms. The second-order valence-electron chi connectivity index (χ2n) is 5.33. The molecule has 0 aliphatic heterocycles. The topological polar surface area (TPSA) is 138 Å². The lowest BCUT2D eigenvalue weighted by Gasteiger charge is -2.18. The predicted molar refractivity (Wildman–Crippen MR) is 86.3 cm³/mol. The molecule has 0 fully saturated rings. The third kappa shape index (κ3) is 7.12. The van der Waals surface area contributed by atoms with Gasteiger partial charge in [0.25, 0.3) is 0 Å². The van der Waals surface area contributed by atoms with Gasteiger partial charge in [-0.3, -0.25) is 5.32 Å². The van der Waals surface area contributed by atoms with Crippen molar-refractivity contribution in [3.8, 4) is 0 Å². The van der Waals surface area contributed by atoms with Gasteiger partial charge < -0.3 is 19.0 Å². The molecule has 0 unspecified atom stereocenters. The molecule has 11 nitrogen and oxygen atoms in total. The first kappa shape index (κ1) is 20.3. The van der Waals surface area contributed by atoms with E-state index in [0.717, 1.165) is 18.6 Å². The maximum absolute atomic E-state index is 11.8. The molecule has 12 heteroatoms. The maximum atomic E-state index is 11.8. The Balaban J connectivity index is 2.82. The van der Waals surface area contributed by atoms with Gasteiger partial charge in [0, 0.05) is 11.5 Å². The van der Waals surface area contributed by atoms with E-state index in [1.54, 1.807) is 20.8 Å². The number of nitrogens with zero attached hydrogens (tertiary/aromatic N) is 3. The van der Waals surface area contributed by atoms with Gasteiger partial charge in [0.05, 0.1) is 14.2 Å². The summed E-state index contributed by atoms with van der Waals surface area (Å²) in [5.41, 5.74) is -1.06. The Morgan fingerprint density at radius 1 is 1.20 bits per heavy atom. The Kier molecular flexibility index (Phi) is 7.23. The van der Waals surface area contributed by atoms with Crippen LogP contribution in [0.15, 0.2) is 5.16 Å². The average molecular weight is 374 g/mol. The molecule has 1 N–H and O–H groups in total. The lowest BCUT2D eigenvalue weighted by molar-refractivity contribution is -0.160. The third-order valence-corrected chi connectivity index (χ3v) is 2.80. The summed E-state index contributed by atoms with van der Waals surface area (Å²) in [6.45, 7) is 4.57. The van der Waals surface area contributed by atoms with Crippen LogP contribution in [-0.4, -0.2) is 59.5 Å². The van der Waals surface area contributed by atoms with Crippen LogP contribution in [0.1, 0.15) is 26.6 Å². The fraction of sp³-hybridized carbons (Fsp3) is 0.538. The molecular formula is C13H18N4O7S. The minimum Gasteiger partial charge on any atom is -0.464 e. The molecule has 0 spiro atoms. The van der Waals surface area contributed by atoms with Crippen LogP contribution >= 0.6 is 11.5 Å². The van der Waals surface area contributed by atoms with E-state index in [4.69, 9.17) is 9.57 Å². The summed E-state index contributed by atoms with van der Waals surface area (Å²) in [4.78, 5) is 43.1. The monoisotopic (exact) mass is 374 g/mol. The Labute approximate surface area is 147 Å². The number of rotatable bonds is 6. The minimum atomic E-state index is -0.883. The molecule has 1 aromatic rings. The van der Waals surface area contributed by atoms with E-state index in [1.165, 1.54) is 7.11 Å². The van der Waals surface area contributed by atoms with Crippen molar-refractivity contribution in [1.82, 2.24) is 9.36 Å². The third-order valence-electron chi connectivity index (χ3n) is 2.17. The van der Waals surface area contributed by atoms with Crippen molar-refractivity contribution in [3.63, 3.8) is 0 Å². The summed E-state index contributed by atoms with van der Waals surface area (Å²) in [5, 5.41) is 5.89. The molecule has 0 saturated carbocycles. The number of hydrogen-bond donors (Lipinski definition) is 1. The van der Waals surface area contributed by atoms with Crippen molar-refractivity contribution in [1.29, 1.82) is 0 Å². The molecule has 1 aromatic heterocycles. The number of methoxy groups -OCH3 is 2. The SMILES string of the molecule is COC(=O)Nc1nc(C(=NOCC(=O)OC(C)(C)C)C(=O)OC)ns1. The molecule has 1 rings (SSSR count). The standard InChI is InChI=1S/C13H18N4O7S/c1-13(2,3)24-7(18)6-23-16-8(10(19)21-4)9-14-11(25-17-9)15-12(20)22-5/h6H2,1-5H3,(H,14,15,17,20). The number of carbonyl (C=O) groups excluding carboxylic acids is 3. The summed E-state index contributed by atoms with van der Waals surface area (Å²) in [5.74, 6) is -1.70. The Morgan fingerprint density at radius 3 is 2.44 bits per heavy atom. The van der Waals surface area contributed by atoms with Crippen molar-refractivity contribution in [2.24, 2.45) is 5.16 Å². The summed E-state index contributed by atoms with van der Waals surface area (Å²) in [6, 6.07) is 0. The highest BCUT2D eigenvalue weighted by molar-refractivity contribution is 7.10. The van der Waals surface area contributed by atoms with Gasteiger partial charge in [-0.15, -0.1) is 0 Å². The van der Waals surface area contributed by atoms with E-state index < -0.39 is 30.2 Å². The summed E-state index contributed by atoms with van der Waals surface area (Å²) in [6.07, 6.45) is -0.750. The fourth-order valence-electron chi connectivity index (χ4n) is 1.30. The van der Waals surface area contributed by atoms with Crippen LogP contribution in [-0.2, 0) is 28.6 Å². The van der Waals surface area contributed by atoms with Gasteiger partial charge in [0.1, 0.15) is 5.60 Å². The molecule has 25 heavy (non-hydrogen) atoms. The van der Waals surface area contributed by atoms with Gasteiger partial charge in [-0.25, -0.2) is 14.4 Å². The largest absolute Gasteiger partial charge is 0.464 e. The van der Waals surface area contributed by atoms with E-state index >= 15 is 0 Å². The summed E-state index contributed by atoms with van der Waals surface area (Å²) in [7, 11) is 2.31. The van der Waals surface area contributed by atoms with Gasteiger partial charge in [-0.2, -0.15) is 9.36 Å². The lowest BCUT2D eigenvalue weighted by Crippen LogP contribution is -2.26. The van der Waals surface area contributed by atoms with E-state index in [1.807, 2.05) is 0 Å². The molecular weight excluding hydrogens is 356 g/mol. The van der Waals surface area contributed by atoms with Gasteiger partial charge in [-0.1, -0.05) is 5.16 Å². The molecule has 0 aliphatic carbocycles. The number of aromatic nitrogens is 2. The highest BCUT2D eigenvalue weighted by Crippen LogP contribution is 2.13. The number of ether oxygens (including phenoxy) is 3. The second-order valence-corrected chi connectivity index (χ2v) is 6.08. The molecule has 0 aliphatic rings. The lowest BCUT2D eigenvalue weighted by atomic mass is 10.2. The van der Waals surface area contributed by atoms with Crippen LogP contribution in [0.5, 0.6) is 0 Å². The zero-order valence-corrected chi connectivity index (χ0v) is 15.1. The van der Waals surface area contributed by atoms with Crippen LogP contribution in [0.2, 0.25) is 0 Å². The van der Waals surface area contributed by atoms with E-state index in [0.29, 0.717) is 0 Å². The van der Waals surface area contributed by atoms with Crippen molar-refractivity contribution in [3.05, 3.63) is 5.82 Å². The van der Waals surface area contributed by atoms with Gasteiger partial charge in [0.15, 0.2) is 0 Å². The van der Waals surface area contributed by atoms with Crippen LogP contribution in [0.4, 0.5) is 9.93 Å². The van der Waals surface area contributed by atoms with Crippen molar-refractivity contribution < 1.29 is 33.4 Å². The molecule has 0 saturated heterocycles. The molecule has 1 amide bonds. The first-order valence-corrected chi connectivity index (χ1v) is 7.62. The normalized spacial score (nSPS) is 11.5. The van der Waals surface area contributed by atoms with Gasteiger partial charge in [0.2, 0.25) is 23.3 Å². The highest BCUT2D eigenvalue weighted by Gasteiger charge is 2.23. The molecule has 0 atom stereocenters. The van der Waals surface area contributed by atoms with Gasteiger partial charge >= 0.3 is 18.0 Å². The Hall–Kier alpha value is -2.76. The fourth-order valence-corrected chi connectivity index (χ4v) is 1.85. The Bertz CT molecular complexity index is 666. The van der Waals surface area contributed by atoms with E-state index in [2.05, 4.69) is 29.3 Å². The van der Waals surface area contributed by atoms with Crippen LogP contribution < -0.4 is 5.32 Å². The number of hydrogen-bond acceptors (Lipinski definition) is 11. The summed E-state index contributed by atoms with van der Waals surface area (Å²) >= 11 is 0.788. The average Bonchev–Trinajstić information content (AvgIpc) is 2.97. The Morgan fingerprint density at radius 2 is 1.88 bits per heavy atom. The maximum Gasteiger partial charge on any atom is 0.413 e. The van der Waals surface area contributed by atoms with Crippen LogP contribution in [0.3, 0.4) is 0 Å². The quantitative estimate of drug-likeness (QED) is 0.334. The zero-order valence-electron chi connectivity index (χ0n) is 14.3. The highest BCUT2D eigenvalue weighted by atomic mass is 32.1. The number of nitrogens with one attached hydrogen (secondary N) is 1. The number of amides is 1. The van der Waals surface area contributed by atoms with Crippen molar-refractivity contribution >= 4 is 40.4 Å². The smallest absolute Gasteiger partial charge is 0.413 e. The first-order chi connectivity index (χ1) is 11.7. The minimum absolute atomic E-state index is 0.0746. The molecule has 138 valence electrons. The van der Waals surface area contributed by atoms with Gasteiger partial charge in [-0.05, 0) is 20.8 Å². The number of anilines is 1. The second kappa shape index (κ2) is 8.92. The predicted octanol–water partition coefficient (Wildman–Crippen LogP) is 0.952. The van der Waals surface area contributed by atoms with Crippen molar-refractivity contribution in [2.45, 2.75) is 26.4 Å². The summed E-state index contributed by atoms with van der Waals surface area (Å²) < 4.78 is 17.9.